The van der Waals surface area contributed by atoms with Crippen molar-refractivity contribution in [1.29, 1.82) is 0 Å². The number of likely N-dealkylation sites (tertiary alicyclic amines) is 1. The highest BCUT2D eigenvalue weighted by Crippen LogP contribution is 2.33. The van der Waals surface area contributed by atoms with Gasteiger partial charge in [-0.3, -0.25) is 9.69 Å². The summed E-state index contributed by atoms with van der Waals surface area (Å²) in [7, 11) is 1.81. The number of nitrogens with zero attached hydrogens (tertiary/aromatic N) is 3. The number of rotatable bonds is 5. The number of fused-ring (bicyclic) bond motifs is 1. The molecule has 0 saturated carbocycles. The minimum absolute atomic E-state index is 0.0998. The van der Waals surface area contributed by atoms with E-state index < -0.39 is 0 Å². The van der Waals surface area contributed by atoms with Gasteiger partial charge in [-0.25, -0.2) is 9.37 Å². The average Bonchev–Trinajstić information content (AvgIpc) is 3.14. The van der Waals surface area contributed by atoms with Gasteiger partial charge in [0.15, 0.2) is 0 Å². The molecule has 0 bridgehead atoms. The number of para-hydroxylation sites is 1. The summed E-state index contributed by atoms with van der Waals surface area (Å²) in [6.07, 6.45) is 2.07. The monoisotopic (exact) mass is 397 g/mol. The Hall–Kier alpha value is -2.31. The molecule has 3 aromatic rings. The van der Waals surface area contributed by atoms with Crippen molar-refractivity contribution in [3.63, 3.8) is 0 Å². The van der Waals surface area contributed by atoms with Gasteiger partial charge in [0.05, 0.1) is 21.8 Å². The Morgan fingerprint density at radius 1 is 1.18 bits per heavy atom. The van der Waals surface area contributed by atoms with Crippen LogP contribution < -0.4 is 0 Å². The van der Waals surface area contributed by atoms with Crippen LogP contribution in [0, 0.1) is 5.82 Å². The van der Waals surface area contributed by atoms with Crippen LogP contribution in [-0.4, -0.2) is 47.4 Å². The molecule has 4 nitrogen and oxygen atoms in total. The molecule has 146 valence electrons. The minimum atomic E-state index is -0.256. The zero-order valence-electron chi connectivity index (χ0n) is 16.0. The van der Waals surface area contributed by atoms with Gasteiger partial charge >= 0.3 is 0 Å². The van der Waals surface area contributed by atoms with Gasteiger partial charge in [-0.1, -0.05) is 24.3 Å². The Morgan fingerprint density at radius 3 is 2.61 bits per heavy atom. The molecule has 0 spiro atoms. The van der Waals surface area contributed by atoms with Gasteiger partial charge in [-0.2, -0.15) is 0 Å². The number of piperidine rings is 1. The van der Waals surface area contributed by atoms with Crippen LogP contribution >= 0.6 is 11.3 Å². The zero-order chi connectivity index (χ0) is 19.5. The van der Waals surface area contributed by atoms with Crippen molar-refractivity contribution in [2.75, 3.05) is 26.7 Å². The average molecular weight is 398 g/mol. The molecular weight excluding hydrogens is 373 g/mol. The van der Waals surface area contributed by atoms with Crippen LogP contribution in [0.5, 0.6) is 0 Å². The normalized spacial score (nSPS) is 15.8. The number of carbonyl (C=O) groups excluding carboxylic acids is 1. The molecule has 6 heteroatoms. The molecule has 0 atom stereocenters. The van der Waals surface area contributed by atoms with Gasteiger partial charge in [0.2, 0.25) is 5.91 Å². The van der Waals surface area contributed by atoms with Crippen molar-refractivity contribution < 1.29 is 9.18 Å². The lowest BCUT2D eigenvalue weighted by Gasteiger charge is -2.31. The molecule has 4 rings (SSSR count). The molecule has 1 amide bonds. The smallest absolute Gasteiger partial charge is 0.236 e. The van der Waals surface area contributed by atoms with Gasteiger partial charge in [0, 0.05) is 19.5 Å². The van der Waals surface area contributed by atoms with Crippen LogP contribution in [0.15, 0.2) is 48.5 Å². The standard InChI is InChI=1S/C22H24FN3OS/c1-25(14-16-6-8-18(23)9-7-16)21(27)15-26-12-10-17(11-13-26)22-24-19-4-2-3-5-20(19)28-22/h2-9,17H,10-15H2,1H3. The summed E-state index contributed by atoms with van der Waals surface area (Å²) in [5.74, 6) is 0.331. The van der Waals surface area contributed by atoms with Crippen LogP contribution in [-0.2, 0) is 11.3 Å². The summed E-state index contributed by atoms with van der Waals surface area (Å²) >= 11 is 1.79. The SMILES string of the molecule is CN(Cc1ccc(F)cc1)C(=O)CN1CCC(c2nc3ccccc3s2)CC1. The van der Waals surface area contributed by atoms with Gasteiger partial charge in [-0.15, -0.1) is 11.3 Å². The van der Waals surface area contributed by atoms with Crippen molar-refractivity contribution in [2.24, 2.45) is 0 Å². The second-order valence-electron chi connectivity index (χ2n) is 7.45. The number of thiazole rings is 1. The summed E-state index contributed by atoms with van der Waals surface area (Å²) < 4.78 is 14.3. The maximum absolute atomic E-state index is 13.0. The van der Waals surface area contributed by atoms with Gasteiger partial charge in [-0.05, 0) is 55.8 Å². The summed E-state index contributed by atoms with van der Waals surface area (Å²) in [6, 6.07) is 14.6. The lowest BCUT2D eigenvalue weighted by atomic mass is 9.97. The number of hydrogen-bond donors (Lipinski definition) is 0. The van der Waals surface area contributed by atoms with E-state index >= 15 is 0 Å². The van der Waals surface area contributed by atoms with Gasteiger partial charge < -0.3 is 4.90 Å². The molecule has 0 aliphatic carbocycles. The number of aromatic nitrogens is 1. The minimum Gasteiger partial charge on any atom is -0.340 e. The molecule has 1 aliphatic rings. The van der Waals surface area contributed by atoms with Gasteiger partial charge in [0.25, 0.3) is 0 Å². The van der Waals surface area contributed by atoms with E-state index in [1.54, 1.807) is 35.4 Å². The van der Waals surface area contributed by atoms with Crippen LogP contribution in [0.25, 0.3) is 10.2 Å². The molecule has 1 aliphatic heterocycles. The van der Waals surface area contributed by atoms with Gasteiger partial charge in [0.1, 0.15) is 5.82 Å². The van der Waals surface area contributed by atoms with E-state index in [4.69, 9.17) is 4.98 Å². The van der Waals surface area contributed by atoms with E-state index in [-0.39, 0.29) is 11.7 Å². The van der Waals surface area contributed by atoms with Crippen LogP contribution in [0.1, 0.15) is 29.3 Å². The molecule has 2 heterocycles. The number of benzene rings is 2. The third kappa shape index (κ3) is 4.39. The predicted octanol–water partition coefficient (Wildman–Crippen LogP) is 4.27. The van der Waals surface area contributed by atoms with Crippen molar-refractivity contribution >= 4 is 27.5 Å². The molecular formula is C22H24FN3OS. The second-order valence-corrected chi connectivity index (χ2v) is 8.51. The lowest BCUT2D eigenvalue weighted by Crippen LogP contribution is -2.41. The summed E-state index contributed by atoms with van der Waals surface area (Å²) in [6.45, 7) is 2.76. The Balaban J connectivity index is 1.28. The summed E-state index contributed by atoms with van der Waals surface area (Å²) in [4.78, 5) is 21.3. The van der Waals surface area contributed by atoms with Crippen molar-refractivity contribution in [3.8, 4) is 0 Å². The summed E-state index contributed by atoms with van der Waals surface area (Å²) in [5.41, 5.74) is 2.02. The van der Waals surface area contributed by atoms with Crippen molar-refractivity contribution in [3.05, 3.63) is 64.9 Å². The number of amides is 1. The fraction of sp³-hybridized carbons (Fsp3) is 0.364. The quantitative estimate of drug-likeness (QED) is 0.645. The third-order valence-corrected chi connectivity index (χ3v) is 6.56. The molecule has 0 radical (unpaired) electrons. The largest absolute Gasteiger partial charge is 0.340 e. The van der Waals surface area contributed by atoms with Crippen molar-refractivity contribution in [2.45, 2.75) is 25.3 Å². The number of halogens is 1. The fourth-order valence-corrected chi connectivity index (χ4v) is 4.80. The van der Waals surface area contributed by atoms with E-state index in [0.717, 1.165) is 37.0 Å². The van der Waals surface area contributed by atoms with Crippen LogP contribution in [0.2, 0.25) is 0 Å². The maximum Gasteiger partial charge on any atom is 0.236 e. The maximum atomic E-state index is 13.0. The molecule has 1 fully saturated rings. The lowest BCUT2D eigenvalue weighted by molar-refractivity contribution is -0.131. The van der Waals surface area contributed by atoms with E-state index in [0.29, 0.717) is 19.0 Å². The number of hydrogen-bond acceptors (Lipinski definition) is 4. The highest BCUT2D eigenvalue weighted by molar-refractivity contribution is 7.18. The predicted molar refractivity (Wildman–Crippen MR) is 111 cm³/mol. The Bertz CT molecular complexity index is 915. The van der Waals surface area contributed by atoms with E-state index in [1.165, 1.54) is 21.8 Å². The Morgan fingerprint density at radius 2 is 1.89 bits per heavy atom. The first-order chi connectivity index (χ1) is 13.6. The topological polar surface area (TPSA) is 36.4 Å². The first-order valence-corrected chi connectivity index (χ1v) is 10.5. The highest BCUT2D eigenvalue weighted by Gasteiger charge is 2.25. The molecule has 2 aromatic carbocycles. The molecule has 28 heavy (non-hydrogen) atoms. The second kappa shape index (κ2) is 8.37. The summed E-state index contributed by atoms with van der Waals surface area (Å²) in [5, 5.41) is 1.22. The first-order valence-electron chi connectivity index (χ1n) is 9.65. The van der Waals surface area contributed by atoms with Crippen LogP contribution in [0.3, 0.4) is 0 Å². The van der Waals surface area contributed by atoms with Crippen molar-refractivity contribution in [1.82, 2.24) is 14.8 Å². The van der Waals surface area contributed by atoms with E-state index in [2.05, 4.69) is 23.1 Å². The molecule has 0 N–H and O–H groups in total. The Labute approximate surface area is 168 Å². The zero-order valence-corrected chi connectivity index (χ0v) is 16.8. The highest BCUT2D eigenvalue weighted by atomic mass is 32.1. The van der Waals surface area contributed by atoms with Crippen LogP contribution in [0.4, 0.5) is 4.39 Å². The van der Waals surface area contributed by atoms with E-state index in [1.807, 2.05) is 6.07 Å². The third-order valence-electron chi connectivity index (χ3n) is 5.36. The molecule has 0 unspecified atom stereocenters. The molecule has 1 saturated heterocycles. The fourth-order valence-electron chi connectivity index (χ4n) is 3.67. The molecule has 1 aromatic heterocycles. The number of likely N-dealkylation sites (N-methyl/N-ethyl adjacent to an activating group) is 1. The van der Waals surface area contributed by atoms with E-state index in [9.17, 15) is 9.18 Å². The number of carbonyl (C=O) groups is 1. The Kier molecular flexibility index (Phi) is 5.69. The first kappa shape index (κ1) is 19.0.